The zero-order valence-electron chi connectivity index (χ0n) is 9.72. The molecule has 0 atom stereocenters. The Kier molecular flexibility index (Phi) is 3.19. The van der Waals surface area contributed by atoms with Gasteiger partial charge in [0.2, 0.25) is 0 Å². The molecule has 0 saturated carbocycles. The molecule has 2 rings (SSSR count). The molecule has 1 aromatic carbocycles. The van der Waals surface area contributed by atoms with E-state index in [4.69, 9.17) is 10.4 Å². The molecule has 0 spiro atoms. The van der Waals surface area contributed by atoms with E-state index in [-0.39, 0.29) is 16.9 Å². The van der Waals surface area contributed by atoms with Gasteiger partial charge in [0.15, 0.2) is 5.69 Å². The Morgan fingerprint density at radius 3 is 2.55 bits per heavy atom. The Hall–Kier alpha value is -2.82. The zero-order valence-corrected chi connectivity index (χ0v) is 9.72. The third-order valence-electron chi connectivity index (χ3n) is 2.50. The number of benzene rings is 1. The second-order valence-corrected chi connectivity index (χ2v) is 3.79. The molecule has 20 heavy (non-hydrogen) atoms. The second-order valence-electron chi connectivity index (χ2n) is 3.79. The second kappa shape index (κ2) is 4.70. The average molecular weight is 281 g/mol. The molecule has 2 aromatic rings. The van der Waals surface area contributed by atoms with Gasteiger partial charge in [-0.2, -0.15) is 23.5 Å². The van der Waals surface area contributed by atoms with Gasteiger partial charge in [-0.05, 0) is 24.3 Å². The van der Waals surface area contributed by atoms with E-state index in [1.807, 2.05) is 0 Å². The molecule has 1 heterocycles. The molecule has 0 bridgehead atoms. The first-order chi connectivity index (χ1) is 9.32. The van der Waals surface area contributed by atoms with Gasteiger partial charge in [-0.25, -0.2) is 9.48 Å². The van der Waals surface area contributed by atoms with Crippen LogP contribution in [0.25, 0.3) is 5.69 Å². The maximum Gasteiger partial charge on any atom is 0.416 e. The summed E-state index contributed by atoms with van der Waals surface area (Å²) in [5, 5.41) is 21.3. The van der Waals surface area contributed by atoms with E-state index < -0.39 is 17.7 Å². The lowest BCUT2D eigenvalue weighted by Crippen LogP contribution is -2.07. The molecule has 0 aliphatic rings. The molecular weight excluding hydrogens is 275 g/mol. The number of hydrogen-bond acceptors (Lipinski definition) is 3. The summed E-state index contributed by atoms with van der Waals surface area (Å²) < 4.78 is 38.7. The Morgan fingerprint density at radius 1 is 1.35 bits per heavy atom. The van der Waals surface area contributed by atoms with Crippen molar-refractivity contribution < 1.29 is 23.1 Å². The van der Waals surface area contributed by atoms with Crippen molar-refractivity contribution in [1.82, 2.24) is 9.78 Å². The Morgan fingerprint density at radius 2 is 2.05 bits per heavy atom. The fourth-order valence-corrected chi connectivity index (χ4v) is 1.57. The summed E-state index contributed by atoms with van der Waals surface area (Å²) in [6.07, 6.45) is -3.30. The maximum absolute atomic E-state index is 12.5. The van der Waals surface area contributed by atoms with Crippen LogP contribution >= 0.6 is 0 Å². The summed E-state index contributed by atoms with van der Waals surface area (Å²) in [6.45, 7) is 0. The highest BCUT2D eigenvalue weighted by Crippen LogP contribution is 2.31. The van der Waals surface area contributed by atoms with E-state index in [1.54, 1.807) is 6.07 Å². The monoisotopic (exact) mass is 281 g/mol. The number of alkyl halides is 3. The highest BCUT2D eigenvalue weighted by atomic mass is 19.4. The van der Waals surface area contributed by atoms with E-state index in [9.17, 15) is 18.0 Å². The predicted octanol–water partition coefficient (Wildman–Crippen LogP) is 2.46. The summed E-state index contributed by atoms with van der Waals surface area (Å²) >= 11 is 0. The number of aromatic nitrogens is 2. The maximum atomic E-state index is 12.5. The number of halogens is 3. The van der Waals surface area contributed by atoms with E-state index in [0.29, 0.717) is 6.07 Å². The molecule has 8 heteroatoms. The SMILES string of the molecule is N#Cc1cc(C(F)(F)F)ccc1-n1ccc(C(=O)O)n1. The molecule has 0 saturated heterocycles. The Bertz CT molecular complexity index is 713. The van der Waals surface area contributed by atoms with Gasteiger partial charge in [-0.3, -0.25) is 0 Å². The van der Waals surface area contributed by atoms with Crippen LogP contribution < -0.4 is 0 Å². The van der Waals surface area contributed by atoms with Crippen molar-refractivity contribution in [3.8, 4) is 11.8 Å². The van der Waals surface area contributed by atoms with Crippen LogP contribution in [-0.4, -0.2) is 20.9 Å². The van der Waals surface area contributed by atoms with Gasteiger partial charge in [0.25, 0.3) is 0 Å². The molecule has 0 unspecified atom stereocenters. The van der Waals surface area contributed by atoms with E-state index >= 15 is 0 Å². The molecule has 102 valence electrons. The van der Waals surface area contributed by atoms with Gasteiger partial charge in [-0.15, -0.1) is 0 Å². The number of nitrogens with zero attached hydrogens (tertiary/aromatic N) is 3. The van der Waals surface area contributed by atoms with Gasteiger partial charge >= 0.3 is 12.1 Å². The number of nitriles is 1. The largest absolute Gasteiger partial charge is 0.476 e. The van der Waals surface area contributed by atoms with Gasteiger partial charge in [-0.1, -0.05) is 0 Å². The summed E-state index contributed by atoms with van der Waals surface area (Å²) in [6, 6.07) is 5.38. The van der Waals surface area contributed by atoms with Crippen molar-refractivity contribution in [3.05, 3.63) is 47.3 Å². The minimum Gasteiger partial charge on any atom is -0.476 e. The average Bonchev–Trinajstić information content (AvgIpc) is 2.86. The van der Waals surface area contributed by atoms with Crippen LogP contribution in [0.15, 0.2) is 30.5 Å². The minimum atomic E-state index is -4.56. The van der Waals surface area contributed by atoms with E-state index in [0.717, 1.165) is 16.8 Å². The van der Waals surface area contributed by atoms with E-state index in [1.165, 1.54) is 12.3 Å². The van der Waals surface area contributed by atoms with Crippen molar-refractivity contribution in [3.63, 3.8) is 0 Å². The quantitative estimate of drug-likeness (QED) is 0.917. The molecule has 5 nitrogen and oxygen atoms in total. The van der Waals surface area contributed by atoms with Crippen LogP contribution in [0, 0.1) is 11.3 Å². The van der Waals surface area contributed by atoms with Crippen LogP contribution in [0.5, 0.6) is 0 Å². The lowest BCUT2D eigenvalue weighted by molar-refractivity contribution is -0.137. The van der Waals surface area contributed by atoms with Crippen molar-refractivity contribution in [2.45, 2.75) is 6.18 Å². The molecule has 0 aliphatic carbocycles. The first-order valence-electron chi connectivity index (χ1n) is 5.23. The molecule has 0 fully saturated rings. The number of rotatable bonds is 2. The lowest BCUT2D eigenvalue weighted by atomic mass is 10.1. The Labute approximate surface area is 110 Å². The summed E-state index contributed by atoms with van der Waals surface area (Å²) in [4.78, 5) is 10.7. The van der Waals surface area contributed by atoms with Crippen molar-refractivity contribution >= 4 is 5.97 Å². The molecular formula is C12H6F3N3O2. The number of carboxylic acids is 1. The molecule has 1 N–H and O–H groups in total. The first kappa shape index (κ1) is 13.6. The lowest BCUT2D eigenvalue weighted by Gasteiger charge is -2.09. The number of hydrogen-bond donors (Lipinski definition) is 1. The number of carboxylic acid groups (broad SMARTS) is 1. The van der Waals surface area contributed by atoms with Crippen LogP contribution in [0.2, 0.25) is 0 Å². The molecule has 0 radical (unpaired) electrons. The van der Waals surface area contributed by atoms with Gasteiger partial charge in [0.05, 0.1) is 16.8 Å². The fourth-order valence-electron chi connectivity index (χ4n) is 1.57. The zero-order chi connectivity index (χ0) is 14.9. The molecule has 0 amide bonds. The highest BCUT2D eigenvalue weighted by molar-refractivity contribution is 5.85. The molecule has 0 aliphatic heterocycles. The van der Waals surface area contributed by atoms with Crippen molar-refractivity contribution in [1.29, 1.82) is 5.26 Å². The van der Waals surface area contributed by atoms with E-state index in [2.05, 4.69) is 5.10 Å². The first-order valence-corrected chi connectivity index (χ1v) is 5.23. The van der Waals surface area contributed by atoms with Crippen molar-refractivity contribution in [2.75, 3.05) is 0 Å². The standard InChI is InChI=1S/C12H6F3N3O2/c13-12(14,15)8-1-2-10(7(5-8)6-16)18-4-3-9(17-18)11(19)20/h1-5H,(H,19,20). The summed E-state index contributed by atoms with van der Waals surface area (Å²) in [5.74, 6) is -1.27. The summed E-state index contributed by atoms with van der Waals surface area (Å²) in [5.41, 5.74) is -1.40. The predicted molar refractivity (Wildman–Crippen MR) is 60.2 cm³/mol. The number of carbonyl (C=O) groups is 1. The number of aromatic carboxylic acids is 1. The third-order valence-corrected chi connectivity index (χ3v) is 2.50. The van der Waals surface area contributed by atoms with Crippen LogP contribution in [0.4, 0.5) is 13.2 Å². The van der Waals surface area contributed by atoms with Gasteiger partial charge in [0.1, 0.15) is 6.07 Å². The molecule has 1 aromatic heterocycles. The van der Waals surface area contributed by atoms with Gasteiger partial charge < -0.3 is 5.11 Å². The highest BCUT2D eigenvalue weighted by Gasteiger charge is 2.31. The third kappa shape index (κ3) is 2.47. The van der Waals surface area contributed by atoms with Crippen LogP contribution in [0.3, 0.4) is 0 Å². The Balaban J connectivity index is 2.52. The van der Waals surface area contributed by atoms with Crippen LogP contribution in [-0.2, 0) is 6.18 Å². The van der Waals surface area contributed by atoms with Gasteiger partial charge in [0, 0.05) is 6.20 Å². The van der Waals surface area contributed by atoms with Crippen LogP contribution in [0.1, 0.15) is 21.6 Å². The summed E-state index contributed by atoms with van der Waals surface area (Å²) in [7, 11) is 0. The normalized spacial score (nSPS) is 11.1. The van der Waals surface area contributed by atoms with Crippen molar-refractivity contribution in [2.24, 2.45) is 0 Å². The smallest absolute Gasteiger partial charge is 0.416 e. The fraction of sp³-hybridized carbons (Fsp3) is 0.0833. The topological polar surface area (TPSA) is 78.9 Å². The minimum absolute atomic E-state index is 0.0769.